The number of rotatable bonds is 4. The second-order valence-corrected chi connectivity index (χ2v) is 4.44. The van der Waals surface area contributed by atoms with Gasteiger partial charge in [0.05, 0.1) is 4.47 Å². The first kappa shape index (κ1) is 14.4. The lowest BCUT2D eigenvalue weighted by atomic mass is 10.1. The largest absolute Gasteiger partial charge is 0.423 e. The van der Waals surface area contributed by atoms with Crippen molar-refractivity contribution in [2.45, 2.75) is 20.3 Å². The maximum Gasteiger partial charge on any atom is 0.308 e. The third-order valence-electron chi connectivity index (χ3n) is 1.95. The molecule has 0 unspecified atom stereocenters. The molecule has 0 aromatic heterocycles. The highest BCUT2D eigenvalue weighted by Crippen LogP contribution is 2.37. The number of carbonyl (C=O) groups excluding carboxylic acids is 2. The first-order valence-corrected chi connectivity index (χ1v) is 6.03. The van der Waals surface area contributed by atoms with E-state index in [0.29, 0.717) is 10.9 Å². The zero-order valence-electron chi connectivity index (χ0n) is 10.2. The van der Waals surface area contributed by atoms with E-state index in [1.54, 1.807) is 18.2 Å². The van der Waals surface area contributed by atoms with Gasteiger partial charge in [-0.15, -0.1) is 6.58 Å². The number of carbonyl (C=O) groups is 2. The highest BCUT2D eigenvalue weighted by molar-refractivity contribution is 9.10. The van der Waals surface area contributed by atoms with E-state index < -0.39 is 11.9 Å². The van der Waals surface area contributed by atoms with Crippen LogP contribution in [0.2, 0.25) is 0 Å². The molecule has 5 heteroatoms. The van der Waals surface area contributed by atoms with Gasteiger partial charge < -0.3 is 9.47 Å². The topological polar surface area (TPSA) is 52.6 Å². The molecule has 0 saturated heterocycles. The molecule has 1 aromatic carbocycles. The van der Waals surface area contributed by atoms with Gasteiger partial charge in [0.1, 0.15) is 0 Å². The molecule has 0 amide bonds. The number of esters is 2. The number of hydrogen-bond acceptors (Lipinski definition) is 4. The van der Waals surface area contributed by atoms with E-state index in [0.717, 1.165) is 5.56 Å². The second kappa shape index (κ2) is 6.35. The molecule has 1 rings (SSSR count). The van der Waals surface area contributed by atoms with Crippen LogP contribution < -0.4 is 9.47 Å². The summed E-state index contributed by atoms with van der Waals surface area (Å²) in [5, 5.41) is 0. The van der Waals surface area contributed by atoms with Crippen LogP contribution in [0.5, 0.6) is 11.5 Å². The lowest BCUT2D eigenvalue weighted by molar-refractivity contribution is -0.134. The molecule has 1 aromatic rings. The Morgan fingerprint density at radius 3 is 2.39 bits per heavy atom. The van der Waals surface area contributed by atoms with Gasteiger partial charge in [-0.1, -0.05) is 6.08 Å². The normalized spacial score (nSPS) is 9.72. The quantitative estimate of drug-likeness (QED) is 0.487. The predicted molar refractivity (Wildman–Crippen MR) is 70.7 cm³/mol. The molecule has 96 valence electrons. The minimum atomic E-state index is -0.486. The van der Waals surface area contributed by atoms with Crippen LogP contribution >= 0.6 is 15.9 Å². The minimum absolute atomic E-state index is 0.200. The van der Waals surface area contributed by atoms with Crippen LogP contribution in [0.3, 0.4) is 0 Å². The van der Waals surface area contributed by atoms with Gasteiger partial charge in [0.2, 0.25) is 0 Å². The van der Waals surface area contributed by atoms with Gasteiger partial charge in [-0.05, 0) is 40.0 Å². The van der Waals surface area contributed by atoms with E-state index in [4.69, 9.17) is 9.47 Å². The maximum absolute atomic E-state index is 11.0. The molecule has 0 heterocycles. The highest BCUT2D eigenvalue weighted by atomic mass is 79.9. The van der Waals surface area contributed by atoms with Gasteiger partial charge in [-0.2, -0.15) is 0 Å². The number of allylic oxidation sites excluding steroid dienone is 1. The number of ether oxygens (including phenoxy) is 2. The standard InChI is InChI=1S/C13H13BrO4/c1-4-5-10-6-11(14)13(18-9(3)16)12(7-10)17-8(2)15/h4,6-7H,1,5H2,2-3H3. The Morgan fingerprint density at radius 1 is 1.28 bits per heavy atom. The molecule has 0 N–H and O–H groups in total. The SMILES string of the molecule is C=CCc1cc(Br)c(OC(C)=O)c(OC(C)=O)c1. The van der Waals surface area contributed by atoms with Gasteiger partial charge in [0.25, 0.3) is 0 Å². The van der Waals surface area contributed by atoms with Crippen LogP contribution in [-0.4, -0.2) is 11.9 Å². The highest BCUT2D eigenvalue weighted by Gasteiger charge is 2.15. The van der Waals surface area contributed by atoms with Crippen LogP contribution in [0.4, 0.5) is 0 Å². The first-order valence-electron chi connectivity index (χ1n) is 5.24. The first-order chi connectivity index (χ1) is 8.43. The van der Waals surface area contributed by atoms with Gasteiger partial charge in [0.15, 0.2) is 11.5 Å². The van der Waals surface area contributed by atoms with Crippen molar-refractivity contribution in [2.24, 2.45) is 0 Å². The van der Waals surface area contributed by atoms with Crippen molar-refractivity contribution in [1.29, 1.82) is 0 Å². The molecule has 0 saturated carbocycles. The second-order valence-electron chi connectivity index (χ2n) is 3.58. The molecule has 0 aliphatic carbocycles. The molecule has 4 nitrogen and oxygen atoms in total. The van der Waals surface area contributed by atoms with E-state index in [1.165, 1.54) is 13.8 Å². The minimum Gasteiger partial charge on any atom is -0.423 e. The number of halogens is 1. The van der Waals surface area contributed by atoms with Crippen molar-refractivity contribution >= 4 is 27.9 Å². The van der Waals surface area contributed by atoms with Crippen LogP contribution in [0, 0.1) is 0 Å². The van der Waals surface area contributed by atoms with Crippen molar-refractivity contribution < 1.29 is 19.1 Å². The molecule has 0 aliphatic rings. The Labute approximate surface area is 114 Å². The molecule has 0 fully saturated rings. The summed E-state index contributed by atoms with van der Waals surface area (Å²) >= 11 is 3.28. The molecule has 0 bridgehead atoms. The Bertz CT molecular complexity index is 494. The average Bonchev–Trinajstić information content (AvgIpc) is 2.22. The summed E-state index contributed by atoms with van der Waals surface area (Å²) in [6.45, 7) is 6.20. The fourth-order valence-electron chi connectivity index (χ4n) is 1.38. The summed E-state index contributed by atoms with van der Waals surface area (Å²) in [6, 6.07) is 3.43. The molecular formula is C13H13BrO4. The summed E-state index contributed by atoms with van der Waals surface area (Å²) in [5.41, 5.74) is 0.893. The van der Waals surface area contributed by atoms with Crippen LogP contribution in [-0.2, 0) is 16.0 Å². The zero-order chi connectivity index (χ0) is 13.7. The summed E-state index contributed by atoms with van der Waals surface area (Å²) in [4.78, 5) is 22.0. The van der Waals surface area contributed by atoms with Crippen molar-refractivity contribution in [3.05, 3.63) is 34.8 Å². The van der Waals surface area contributed by atoms with Crippen LogP contribution in [0.1, 0.15) is 19.4 Å². The van der Waals surface area contributed by atoms with Gasteiger partial charge in [-0.3, -0.25) is 9.59 Å². The molecule has 0 atom stereocenters. The Kier molecular flexibility index (Phi) is 5.09. The van der Waals surface area contributed by atoms with E-state index in [1.807, 2.05) is 0 Å². The number of benzene rings is 1. The summed E-state index contributed by atoms with van der Waals surface area (Å²) in [5.74, 6) is -0.555. The Hall–Kier alpha value is -1.62. The Morgan fingerprint density at radius 2 is 1.89 bits per heavy atom. The van der Waals surface area contributed by atoms with E-state index >= 15 is 0 Å². The van der Waals surface area contributed by atoms with Gasteiger partial charge in [0, 0.05) is 13.8 Å². The van der Waals surface area contributed by atoms with Crippen molar-refractivity contribution in [1.82, 2.24) is 0 Å². The lowest BCUT2D eigenvalue weighted by Crippen LogP contribution is -2.08. The number of hydrogen-bond donors (Lipinski definition) is 0. The smallest absolute Gasteiger partial charge is 0.308 e. The van der Waals surface area contributed by atoms with E-state index in [9.17, 15) is 9.59 Å². The van der Waals surface area contributed by atoms with Gasteiger partial charge >= 0.3 is 11.9 Å². The zero-order valence-corrected chi connectivity index (χ0v) is 11.7. The third-order valence-corrected chi connectivity index (χ3v) is 2.54. The monoisotopic (exact) mass is 312 g/mol. The molecule has 0 spiro atoms. The van der Waals surface area contributed by atoms with E-state index in [-0.39, 0.29) is 11.5 Å². The fraction of sp³-hybridized carbons (Fsp3) is 0.231. The summed E-state index contributed by atoms with van der Waals surface area (Å²) < 4.78 is 10.6. The van der Waals surface area contributed by atoms with Crippen molar-refractivity contribution in [3.63, 3.8) is 0 Å². The molecule has 18 heavy (non-hydrogen) atoms. The fourth-order valence-corrected chi connectivity index (χ4v) is 1.95. The van der Waals surface area contributed by atoms with Gasteiger partial charge in [-0.25, -0.2) is 0 Å². The summed E-state index contributed by atoms with van der Waals surface area (Å²) in [6.07, 6.45) is 2.35. The maximum atomic E-state index is 11.0. The van der Waals surface area contributed by atoms with Crippen molar-refractivity contribution in [3.8, 4) is 11.5 Å². The predicted octanol–water partition coefficient (Wildman–Crippen LogP) is 3.03. The third kappa shape index (κ3) is 4.00. The lowest BCUT2D eigenvalue weighted by Gasteiger charge is -2.12. The molecule has 0 aliphatic heterocycles. The van der Waals surface area contributed by atoms with Crippen LogP contribution in [0.15, 0.2) is 29.3 Å². The average molecular weight is 313 g/mol. The molecule has 0 radical (unpaired) electrons. The summed E-state index contributed by atoms with van der Waals surface area (Å²) in [7, 11) is 0. The Balaban J connectivity index is 3.24. The van der Waals surface area contributed by atoms with Crippen LogP contribution in [0.25, 0.3) is 0 Å². The molecular weight excluding hydrogens is 300 g/mol. The van der Waals surface area contributed by atoms with Crippen molar-refractivity contribution in [2.75, 3.05) is 0 Å². The van der Waals surface area contributed by atoms with E-state index in [2.05, 4.69) is 22.5 Å².